The van der Waals surface area contributed by atoms with Gasteiger partial charge in [-0.25, -0.2) is 0 Å². The van der Waals surface area contributed by atoms with E-state index < -0.39 is 4.92 Å². The number of aromatic nitrogens is 2. The third-order valence-corrected chi connectivity index (χ3v) is 3.98. The van der Waals surface area contributed by atoms with Crippen LogP contribution in [0, 0.1) is 10.1 Å². The first-order valence-electron chi connectivity index (χ1n) is 8.21. The smallest absolute Gasteiger partial charge is 0.307 e. The van der Waals surface area contributed by atoms with Gasteiger partial charge < -0.3 is 5.32 Å². The summed E-state index contributed by atoms with van der Waals surface area (Å²) in [5.74, 6) is -0.181. The Hall–Kier alpha value is -3.48. The lowest BCUT2D eigenvalue weighted by Crippen LogP contribution is -2.12. The number of carbonyl (C=O) groups excluding carboxylic acids is 1. The number of amides is 1. The Labute approximate surface area is 150 Å². The van der Waals surface area contributed by atoms with E-state index >= 15 is 0 Å². The van der Waals surface area contributed by atoms with E-state index in [0.717, 1.165) is 23.2 Å². The van der Waals surface area contributed by atoms with Crippen LogP contribution in [-0.4, -0.2) is 20.6 Å². The molecule has 0 aliphatic heterocycles. The first-order chi connectivity index (χ1) is 12.5. The van der Waals surface area contributed by atoms with Gasteiger partial charge in [0.25, 0.3) is 5.91 Å². The number of hydrogen-bond acceptors (Lipinski definition) is 4. The van der Waals surface area contributed by atoms with E-state index in [0.29, 0.717) is 12.1 Å². The molecule has 0 fully saturated rings. The van der Waals surface area contributed by atoms with Gasteiger partial charge in [-0.3, -0.25) is 19.6 Å². The van der Waals surface area contributed by atoms with Gasteiger partial charge in [-0.15, -0.1) is 0 Å². The second-order valence-corrected chi connectivity index (χ2v) is 5.86. The molecule has 0 aliphatic carbocycles. The van der Waals surface area contributed by atoms with Crippen molar-refractivity contribution in [1.29, 1.82) is 0 Å². The Bertz CT molecular complexity index is 932. The lowest BCUT2D eigenvalue weighted by Gasteiger charge is -2.08. The topological polar surface area (TPSA) is 90.1 Å². The number of hydrogen-bond donors (Lipinski definition) is 1. The Balaban J connectivity index is 1.66. The molecule has 0 saturated carbocycles. The molecule has 0 bridgehead atoms. The van der Waals surface area contributed by atoms with Crippen molar-refractivity contribution in [1.82, 2.24) is 9.78 Å². The third kappa shape index (κ3) is 4.13. The minimum Gasteiger partial charge on any atom is -0.322 e. The van der Waals surface area contributed by atoms with E-state index in [9.17, 15) is 14.9 Å². The molecule has 1 heterocycles. The van der Waals surface area contributed by atoms with Crippen LogP contribution in [0.5, 0.6) is 0 Å². The predicted molar refractivity (Wildman–Crippen MR) is 98.2 cm³/mol. The highest BCUT2D eigenvalue weighted by molar-refractivity contribution is 6.04. The predicted octanol–water partition coefficient (Wildman–Crippen LogP) is 3.65. The molecular formula is C19H18N4O3. The Morgan fingerprint density at radius 2 is 1.96 bits per heavy atom. The molecule has 0 unspecified atom stereocenters. The standard InChI is InChI=1S/C19H18N4O3/c1-2-14-4-3-5-17(10-14)21-19(24)16-8-6-15(7-9-16)12-22-13-18(11-20-22)23(25)26/h3-11,13H,2,12H2,1H3,(H,21,24). The summed E-state index contributed by atoms with van der Waals surface area (Å²) in [4.78, 5) is 22.6. The van der Waals surface area contributed by atoms with Crippen LogP contribution < -0.4 is 5.32 Å². The molecule has 3 aromatic rings. The molecule has 0 aliphatic rings. The first-order valence-corrected chi connectivity index (χ1v) is 8.21. The first kappa shape index (κ1) is 17.3. The number of nitrogens with one attached hydrogen (secondary N) is 1. The Kier molecular flexibility index (Phi) is 5.07. The normalized spacial score (nSPS) is 10.5. The SMILES string of the molecule is CCc1cccc(NC(=O)c2ccc(Cn3cc([N+](=O)[O-])cn3)cc2)c1. The second-order valence-electron chi connectivity index (χ2n) is 5.86. The van der Waals surface area contributed by atoms with E-state index in [4.69, 9.17) is 0 Å². The highest BCUT2D eigenvalue weighted by Crippen LogP contribution is 2.14. The van der Waals surface area contributed by atoms with Crippen LogP contribution in [0.2, 0.25) is 0 Å². The van der Waals surface area contributed by atoms with Crippen molar-refractivity contribution < 1.29 is 9.72 Å². The number of rotatable bonds is 6. The molecule has 3 rings (SSSR count). The fraction of sp³-hybridized carbons (Fsp3) is 0.158. The average molecular weight is 350 g/mol. The number of nitrogens with zero attached hydrogens (tertiary/aromatic N) is 3. The molecule has 132 valence electrons. The molecular weight excluding hydrogens is 332 g/mol. The van der Waals surface area contributed by atoms with E-state index in [2.05, 4.69) is 17.3 Å². The van der Waals surface area contributed by atoms with Crippen molar-refractivity contribution in [2.24, 2.45) is 0 Å². The van der Waals surface area contributed by atoms with Crippen molar-refractivity contribution in [2.45, 2.75) is 19.9 Å². The van der Waals surface area contributed by atoms with Crippen LogP contribution in [0.1, 0.15) is 28.4 Å². The van der Waals surface area contributed by atoms with Crippen LogP contribution in [0.4, 0.5) is 11.4 Å². The van der Waals surface area contributed by atoms with E-state index in [-0.39, 0.29) is 11.6 Å². The molecule has 0 radical (unpaired) electrons. The van der Waals surface area contributed by atoms with Gasteiger partial charge in [-0.1, -0.05) is 31.2 Å². The van der Waals surface area contributed by atoms with Crippen LogP contribution >= 0.6 is 0 Å². The van der Waals surface area contributed by atoms with Crippen LogP contribution in [0.3, 0.4) is 0 Å². The van der Waals surface area contributed by atoms with Crippen LogP contribution in [0.15, 0.2) is 60.9 Å². The maximum Gasteiger partial charge on any atom is 0.307 e. The summed E-state index contributed by atoms with van der Waals surface area (Å²) in [5, 5.41) is 17.5. The fourth-order valence-corrected chi connectivity index (χ4v) is 2.55. The Morgan fingerprint density at radius 1 is 1.19 bits per heavy atom. The summed E-state index contributed by atoms with van der Waals surface area (Å²) in [5.41, 5.74) is 3.32. The molecule has 0 spiro atoms. The zero-order chi connectivity index (χ0) is 18.5. The molecule has 1 amide bonds. The zero-order valence-corrected chi connectivity index (χ0v) is 14.3. The summed E-state index contributed by atoms with van der Waals surface area (Å²) < 4.78 is 1.49. The summed E-state index contributed by atoms with van der Waals surface area (Å²) in [6, 6.07) is 14.8. The average Bonchev–Trinajstić information content (AvgIpc) is 3.11. The van der Waals surface area contributed by atoms with Gasteiger partial charge >= 0.3 is 5.69 Å². The van der Waals surface area contributed by atoms with Crippen molar-refractivity contribution in [2.75, 3.05) is 5.32 Å². The molecule has 26 heavy (non-hydrogen) atoms. The van der Waals surface area contributed by atoms with Crippen molar-refractivity contribution in [3.05, 3.63) is 87.7 Å². The van der Waals surface area contributed by atoms with Gasteiger partial charge in [0.15, 0.2) is 0 Å². The molecule has 1 aromatic heterocycles. The monoisotopic (exact) mass is 350 g/mol. The van der Waals surface area contributed by atoms with Gasteiger partial charge in [0.05, 0.1) is 11.5 Å². The molecule has 0 atom stereocenters. The van der Waals surface area contributed by atoms with Crippen molar-refractivity contribution in [3.8, 4) is 0 Å². The Morgan fingerprint density at radius 3 is 2.62 bits per heavy atom. The van der Waals surface area contributed by atoms with Gasteiger partial charge in [0.1, 0.15) is 12.4 Å². The maximum atomic E-state index is 12.4. The molecule has 0 saturated heterocycles. The van der Waals surface area contributed by atoms with Crippen LogP contribution in [-0.2, 0) is 13.0 Å². The van der Waals surface area contributed by atoms with E-state index in [1.54, 1.807) is 12.1 Å². The van der Waals surface area contributed by atoms with E-state index in [1.165, 1.54) is 17.1 Å². The van der Waals surface area contributed by atoms with Crippen molar-refractivity contribution in [3.63, 3.8) is 0 Å². The molecule has 2 aromatic carbocycles. The fourth-order valence-electron chi connectivity index (χ4n) is 2.55. The molecule has 1 N–H and O–H groups in total. The summed E-state index contributed by atoms with van der Waals surface area (Å²) in [6.45, 7) is 2.46. The quantitative estimate of drug-likeness (QED) is 0.543. The number of carbonyl (C=O) groups is 1. The molecule has 7 heteroatoms. The van der Waals surface area contributed by atoms with Crippen molar-refractivity contribution >= 4 is 17.3 Å². The molecule has 7 nitrogen and oxygen atoms in total. The van der Waals surface area contributed by atoms with Gasteiger partial charge in [-0.2, -0.15) is 5.10 Å². The largest absolute Gasteiger partial charge is 0.322 e. The van der Waals surface area contributed by atoms with E-state index in [1.807, 2.05) is 36.4 Å². The second kappa shape index (κ2) is 7.60. The number of benzene rings is 2. The summed E-state index contributed by atoms with van der Waals surface area (Å²) in [6.07, 6.45) is 3.50. The zero-order valence-electron chi connectivity index (χ0n) is 14.3. The lowest BCUT2D eigenvalue weighted by molar-refractivity contribution is -0.385. The maximum absolute atomic E-state index is 12.4. The van der Waals surface area contributed by atoms with Gasteiger partial charge in [0.2, 0.25) is 0 Å². The summed E-state index contributed by atoms with van der Waals surface area (Å²) >= 11 is 0. The number of anilines is 1. The summed E-state index contributed by atoms with van der Waals surface area (Å²) in [7, 11) is 0. The number of nitro groups is 1. The lowest BCUT2D eigenvalue weighted by atomic mass is 10.1. The minimum absolute atomic E-state index is 0.0460. The third-order valence-electron chi connectivity index (χ3n) is 3.98. The highest BCUT2D eigenvalue weighted by atomic mass is 16.6. The van der Waals surface area contributed by atoms with Gasteiger partial charge in [0, 0.05) is 11.3 Å². The van der Waals surface area contributed by atoms with Gasteiger partial charge in [-0.05, 0) is 41.8 Å². The van der Waals surface area contributed by atoms with Crippen LogP contribution in [0.25, 0.3) is 0 Å². The minimum atomic E-state index is -0.482. The number of aryl methyl sites for hydroxylation is 1. The highest BCUT2D eigenvalue weighted by Gasteiger charge is 2.10.